The Bertz CT molecular complexity index is 933. The molecule has 24 heavy (non-hydrogen) atoms. The molecule has 0 N–H and O–H groups in total. The molecule has 0 saturated heterocycles. The van der Waals surface area contributed by atoms with Gasteiger partial charge in [-0.25, -0.2) is 0 Å². The average molecular weight is 318 g/mol. The third kappa shape index (κ3) is 2.73. The van der Waals surface area contributed by atoms with Crippen LogP contribution in [-0.2, 0) is 7.05 Å². The Morgan fingerprint density at radius 2 is 1.58 bits per heavy atom. The van der Waals surface area contributed by atoms with Crippen LogP contribution in [-0.4, -0.2) is 0 Å². The summed E-state index contributed by atoms with van der Waals surface area (Å²) in [5, 5.41) is 2.67. The summed E-state index contributed by atoms with van der Waals surface area (Å²) in [7, 11) is 2.18. The van der Waals surface area contributed by atoms with Gasteiger partial charge in [-0.3, -0.25) is 0 Å². The van der Waals surface area contributed by atoms with Gasteiger partial charge in [0.25, 0.3) is 0 Å². The third-order valence-electron chi connectivity index (χ3n) is 5.29. The first-order chi connectivity index (χ1) is 11.3. The second-order valence-corrected chi connectivity index (χ2v) is 7.45. The molecule has 0 unspecified atom stereocenters. The van der Waals surface area contributed by atoms with Gasteiger partial charge in [-0.1, -0.05) is 37.6 Å². The molecule has 1 aromatic heterocycles. The maximum absolute atomic E-state index is 2.36. The summed E-state index contributed by atoms with van der Waals surface area (Å²) >= 11 is 0. The molecule has 1 nitrogen and oxygen atoms in total. The van der Waals surface area contributed by atoms with E-state index in [1.54, 1.807) is 0 Å². The van der Waals surface area contributed by atoms with E-state index >= 15 is 0 Å². The normalized spacial score (nSPS) is 11.5. The van der Waals surface area contributed by atoms with Crippen LogP contribution in [0.4, 0.5) is 0 Å². The Balaban J connectivity index is 2.41. The van der Waals surface area contributed by atoms with E-state index in [0.717, 1.165) is 0 Å². The lowest BCUT2D eigenvalue weighted by molar-refractivity contribution is -0.665. The van der Waals surface area contributed by atoms with Crippen molar-refractivity contribution in [1.82, 2.24) is 0 Å². The van der Waals surface area contributed by atoms with Crippen molar-refractivity contribution in [3.8, 4) is 11.3 Å². The largest absolute Gasteiger partial charge is 0.220 e. The smallest absolute Gasteiger partial charge is 0.198 e. The van der Waals surface area contributed by atoms with Gasteiger partial charge in [0.05, 0.1) is 10.9 Å². The van der Waals surface area contributed by atoms with E-state index in [-0.39, 0.29) is 0 Å². The average Bonchev–Trinajstić information content (AvgIpc) is 2.52. The van der Waals surface area contributed by atoms with Crippen LogP contribution in [0.15, 0.2) is 36.4 Å². The van der Waals surface area contributed by atoms with Crippen molar-refractivity contribution in [2.24, 2.45) is 7.05 Å². The molecule has 3 aromatic rings. The minimum absolute atomic E-state index is 0.551. The molecule has 1 heterocycles. The highest BCUT2D eigenvalue weighted by Gasteiger charge is 2.21. The summed E-state index contributed by atoms with van der Waals surface area (Å²) in [4.78, 5) is 0. The lowest BCUT2D eigenvalue weighted by atomic mass is 9.92. The highest BCUT2D eigenvalue weighted by molar-refractivity contribution is 5.94. The van der Waals surface area contributed by atoms with Crippen molar-refractivity contribution in [2.45, 2.75) is 47.5 Å². The summed E-state index contributed by atoms with van der Waals surface area (Å²) in [5.74, 6) is 0.551. The Labute approximate surface area is 146 Å². The molecule has 0 spiro atoms. The highest BCUT2D eigenvalue weighted by Crippen LogP contribution is 2.32. The van der Waals surface area contributed by atoms with Crippen molar-refractivity contribution in [3.05, 3.63) is 64.3 Å². The molecule has 0 fully saturated rings. The van der Waals surface area contributed by atoms with E-state index in [0.29, 0.717) is 5.92 Å². The van der Waals surface area contributed by atoms with Gasteiger partial charge < -0.3 is 0 Å². The lowest BCUT2D eigenvalue weighted by Crippen LogP contribution is -2.35. The minimum atomic E-state index is 0.551. The van der Waals surface area contributed by atoms with Gasteiger partial charge in [0.15, 0.2) is 5.69 Å². The predicted octanol–water partition coefficient (Wildman–Crippen LogP) is 5.69. The summed E-state index contributed by atoms with van der Waals surface area (Å²) in [5.41, 5.74) is 9.41. The standard InChI is InChI=1S/C23H28N/c1-14(2)19-8-9-21-20(13-19)12-17(5)24(7)23(21)22-11-15(3)10-16(4)18(22)6/h8-14H,1-7H3/q+1. The van der Waals surface area contributed by atoms with Gasteiger partial charge in [0.1, 0.15) is 7.05 Å². The second-order valence-electron chi connectivity index (χ2n) is 7.45. The Kier molecular flexibility index (Phi) is 4.21. The van der Waals surface area contributed by atoms with Gasteiger partial charge in [-0.15, -0.1) is 0 Å². The monoisotopic (exact) mass is 318 g/mol. The van der Waals surface area contributed by atoms with Crippen molar-refractivity contribution in [3.63, 3.8) is 0 Å². The van der Waals surface area contributed by atoms with Crippen LogP contribution in [0.5, 0.6) is 0 Å². The van der Waals surface area contributed by atoms with Gasteiger partial charge in [0.2, 0.25) is 5.69 Å². The molecular formula is C23H28N+. The van der Waals surface area contributed by atoms with Crippen molar-refractivity contribution in [1.29, 1.82) is 0 Å². The van der Waals surface area contributed by atoms with E-state index in [1.165, 1.54) is 50.0 Å². The highest BCUT2D eigenvalue weighted by atomic mass is 14.9. The van der Waals surface area contributed by atoms with Crippen LogP contribution < -0.4 is 4.57 Å². The number of aryl methyl sites for hydroxylation is 3. The molecule has 0 aliphatic heterocycles. The van der Waals surface area contributed by atoms with Crippen molar-refractivity contribution < 1.29 is 4.57 Å². The number of hydrogen-bond donors (Lipinski definition) is 0. The quantitative estimate of drug-likeness (QED) is 0.535. The fourth-order valence-corrected chi connectivity index (χ4v) is 3.57. The van der Waals surface area contributed by atoms with E-state index in [4.69, 9.17) is 0 Å². The zero-order valence-electron chi connectivity index (χ0n) is 16.0. The molecule has 0 bridgehead atoms. The molecule has 124 valence electrons. The summed E-state index contributed by atoms with van der Waals surface area (Å²) in [6.45, 7) is 13.3. The molecule has 0 aliphatic rings. The molecule has 0 radical (unpaired) electrons. The number of benzene rings is 2. The number of rotatable bonds is 2. The Morgan fingerprint density at radius 3 is 2.25 bits per heavy atom. The molecule has 3 rings (SSSR count). The van der Waals surface area contributed by atoms with E-state index < -0.39 is 0 Å². The first-order valence-corrected chi connectivity index (χ1v) is 8.81. The fraction of sp³-hybridized carbons (Fsp3) is 0.348. The number of aromatic nitrogens is 1. The molecule has 1 heteroatoms. The first-order valence-electron chi connectivity index (χ1n) is 8.81. The topological polar surface area (TPSA) is 3.88 Å². The van der Waals surface area contributed by atoms with Gasteiger partial charge in [0, 0.05) is 13.0 Å². The second kappa shape index (κ2) is 6.05. The van der Waals surface area contributed by atoms with Crippen LogP contribution >= 0.6 is 0 Å². The lowest BCUT2D eigenvalue weighted by Gasteiger charge is -2.14. The van der Waals surface area contributed by atoms with E-state index in [1.807, 2.05) is 0 Å². The summed E-state index contributed by atoms with van der Waals surface area (Å²) < 4.78 is 2.33. The third-order valence-corrected chi connectivity index (χ3v) is 5.29. The maximum atomic E-state index is 2.36. The van der Waals surface area contributed by atoms with Crippen LogP contribution in [0, 0.1) is 27.7 Å². The van der Waals surface area contributed by atoms with Crippen molar-refractivity contribution >= 4 is 10.8 Å². The molecule has 0 saturated carbocycles. The Morgan fingerprint density at radius 1 is 0.875 bits per heavy atom. The molecular weight excluding hydrogens is 290 g/mol. The molecule has 0 amide bonds. The molecule has 0 aliphatic carbocycles. The molecule has 2 aromatic carbocycles. The summed E-state index contributed by atoms with van der Waals surface area (Å²) in [6, 6.07) is 13.8. The van der Waals surface area contributed by atoms with Crippen LogP contribution in [0.25, 0.3) is 22.0 Å². The van der Waals surface area contributed by atoms with Crippen LogP contribution in [0.1, 0.15) is 47.7 Å². The summed E-state index contributed by atoms with van der Waals surface area (Å²) in [6.07, 6.45) is 0. The number of fused-ring (bicyclic) bond motifs is 1. The number of nitrogens with zero attached hydrogens (tertiary/aromatic N) is 1. The van der Waals surface area contributed by atoms with Gasteiger partial charge >= 0.3 is 0 Å². The zero-order chi connectivity index (χ0) is 17.6. The van der Waals surface area contributed by atoms with Gasteiger partial charge in [-0.05, 0) is 60.9 Å². The SMILES string of the molecule is Cc1cc(C)c(C)c(-c2c3ccc(C(C)C)cc3cc(C)[n+]2C)c1. The maximum Gasteiger partial charge on any atom is 0.220 e. The number of pyridine rings is 1. The molecule has 0 atom stereocenters. The van der Waals surface area contributed by atoms with Crippen LogP contribution in [0.3, 0.4) is 0 Å². The Hall–Kier alpha value is -2.15. The van der Waals surface area contributed by atoms with Crippen molar-refractivity contribution in [2.75, 3.05) is 0 Å². The predicted molar refractivity (Wildman–Crippen MR) is 104 cm³/mol. The van der Waals surface area contributed by atoms with E-state index in [9.17, 15) is 0 Å². The number of hydrogen-bond acceptors (Lipinski definition) is 0. The van der Waals surface area contributed by atoms with Crippen LogP contribution in [0.2, 0.25) is 0 Å². The van der Waals surface area contributed by atoms with E-state index in [2.05, 4.69) is 89.6 Å². The zero-order valence-corrected chi connectivity index (χ0v) is 16.0. The minimum Gasteiger partial charge on any atom is -0.198 e. The van der Waals surface area contributed by atoms with Gasteiger partial charge in [-0.2, -0.15) is 4.57 Å². The first kappa shape index (κ1) is 16.7. The fourth-order valence-electron chi connectivity index (χ4n) is 3.57.